The van der Waals surface area contributed by atoms with Crippen molar-refractivity contribution < 1.29 is 9.25 Å². The zero-order chi connectivity index (χ0) is 20.6. The van der Waals surface area contributed by atoms with Gasteiger partial charge in [0.2, 0.25) is 0 Å². The molecule has 7 heteroatoms. The molecule has 0 atom stereocenters. The zero-order valence-corrected chi connectivity index (χ0v) is 17.5. The summed E-state index contributed by atoms with van der Waals surface area (Å²) in [6, 6.07) is 18.9. The molecule has 2 aromatic carbocycles. The van der Waals surface area contributed by atoms with Crippen LogP contribution in [0.1, 0.15) is 0 Å². The van der Waals surface area contributed by atoms with Gasteiger partial charge in [0.15, 0.2) is 16.7 Å². The van der Waals surface area contributed by atoms with Crippen LogP contribution in [-0.2, 0) is 28.2 Å². The number of imidazole rings is 3. The van der Waals surface area contributed by atoms with E-state index < -0.39 is 0 Å². The highest BCUT2D eigenvalue weighted by atomic mass is 15.4. The summed E-state index contributed by atoms with van der Waals surface area (Å²) in [6.45, 7) is 0. The van der Waals surface area contributed by atoms with Crippen LogP contribution < -0.4 is 9.25 Å². The number of aryl methyl sites for hydroxylation is 3. The van der Waals surface area contributed by atoms with Crippen LogP contribution in [0.5, 0.6) is 0 Å². The Morgan fingerprint density at radius 3 is 2.37 bits per heavy atom. The van der Waals surface area contributed by atoms with E-state index >= 15 is 0 Å². The van der Waals surface area contributed by atoms with Crippen LogP contribution in [0.3, 0.4) is 0 Å². The smallest absolute Gasteiger partial charge is 0.257 e. The number of benzene rings is 2. The van der Waals surface area contributed by atoms with Gasteiger partial charge in [0.1, 0.15) is 12.4 Å². The number of hydrogen-bond donors (Lipinski definition) is 0. The highest BCUT2D eigenvalue weighted by Gasteiger charge is 2.28. The Bertz CT molecular complexity index is 1550. The Morgan fingerprint density at radius 2 is 1.57 bits per heavy atom. The maximum Gasteiger partial charge on any atom is 0.325 e. The molecule has 0 fully saturated rings. The molecule has 0 bridgehead atoms. The van der Waals surface area contributed by atoms with Crippen molar-refractivity contribution in [1.29, 1.82) is 0 Å². The number of fused-ring (bicyclic) bond motifs is 4. The summed E-state index contributed by atoms with van der Waals surface area (Å²) in [5, 5.41) is 0. The Balaban J connectivity index is 1.57. The first kappa shape index (κ1) is 17.0. The van der Waals surface area contributed by atoms with Crippen molar-refractivity contribution >= 4 is 27.8 Å². The van der Waals surface area contributed by atoms with Crippen LogP contribution in [0.25, 0.3) is 45.2 Å². The van der Waals surface area contributed by atoms with Crippen LogP contribution in [0.15, 0.2) is 67.0 Å². The molecule has 7 nitrogen and oxygen atoms in total. The first-order chi connectivity index (χ1) is 14.6. The molecule has 0 aliphatic carbocycles. The predicted octanol–water partition coefficient (Wildman–Crippen LogP) is 2.42. The molecule has 4 heterocycles. The molecule has 0 aliphatic heterocycles. The van der Waals surface area contributed by atoms with Crippen molar-refractivity contribution in [3.63, 3.8) is 0 Å². The van der Waals surface area contributed by atoms with Gasteiger partial charge in [-0.3, -0.25) is 4.40 Å². The fraction of sp³-hybridized carbons (Fsp3) is 0.174. The molecule has 0 spiro atoms. The van der Waals surface area contributed by atoms with Crippen molar-refractivity contribution in [1.82, 2.24) is 23.2 Å². The summed E-state index contributed by atoms with van der Waals surface area (Å²) >= 11 is 0. The molecule has 0 aliphatic rings. The van der Waals surface area contributed by atoms with Crippen LogP contribution in [-0.4, -0.2) is 23.2 Å². The summed E-state index contributed by atoms with van der Waals surface area (Å²) in [5.41, 5.74) is 5.69. The van der Waals surface area contributed by atoms with Crippen LogP contribution in [0.4, 0.5) is 0 Å². The maximum atomic E-state index is 4.81. The maximum absolute atomic E-state index is 4.81. The minimum atomic E-state index is 0.927. The minimum absolute atomic E-state index is 0.927. The number of para-hydroxylation sites is 4. The van der Waals surface area contributed by atoms with E-state index in [2.05, 4.69) is 117 Å². The van der Waals surface area contributed by atoms with Gasteiger partial charge in [-0.05, 0) is 24.3 Å². The lowest BCUT2D eigenvalue weighted by atomic mass is 10.3. The first-order valence-corrected chi connectivity index (χ1v) is 10.0. The third-order valence-corrected chi connectivity index (χ3v) is 6.21. The van der Waals surface area contributed by atoms with E-state index in [1.165, 1.54) is 11.0 Å². The fourth-order valence-corrected chi connectivity index (χ4v) is 4.66. The Kier molecular flexibility index (Phi) is 3.30. The third kappa shape index (κ3) is 2.06. The van der Waals surface area contributed by atoms with E-state index in [0.29, 0.717) is 0 Å². The molecule has 0 amide bonds. The average Bonchev–Trinajstić information content (AvgIpc) is 3.46. The second kappa shape index (κ2) is 5.82. The van der Waals surface area contributed by atoms with E-state index in [1.807, 2.05) is 6.07 Å². The summed E-state index contributed by atoms with van der Waals surface area (Å²) in [6.07, 6.45) is 4.26. The molecule has 0 radical (unpaired) electrons. The average molecular weight is 397 g/mol. The third-order valence-electron chi connectivity index (χ3n) is 6.21. The fourth-order valence-electron chi connectivity index (χ4n) is 4.66. The lowest BCUT2D eigenvalue weighted by molar-refractivity contribution is -0.687. The van der Waals surface area contributed by atoms with Crippen molar-refractivity contribution in [3.8, 4) is 17.3 Å². The molecule has 6 aromatic rings. The van der Waals surface area contributed by atoms with Crippen LogP contribution in [0, 0.1) is 0 Å². The van der Waals surface area contributed by atoms with Crippen molar-refractivity contribution in [2.45, 2.75) is 0 Å². The van der Waals surface area contributed by atoms with Gasteiger partial charge in [0, 0.05) is 13.1 Å². The second-order valence-corrected chi connectivity index (χ2v) is 7.82. The second-order valence-electron chi connectivity index (χ2n) is 7.82. The van der Waals surface area contributed by atoms with Crippen molar-refractivity contribution in [3.05, 3.63) is 67.0 Å². The molecule has 0 saturated heterocycles. The van der Waals surface area contributed by atoms with Gasteiger partial charge in [0.05, 0.1) is 32.2 Å². The van der Waals surface area contributed by atoms with Crippen LogP contribution in [0.2, 0.25) is 0 Å². The van der Waals surface area contributed by atoms with E-state index in [1.54, 1.807) is 0 Å². The van der Waals surface area contributed by atoms with Gasteiger partial charge in [-0.1, -0.05) is 24.3 Å². The van der Waals surface area contributed by atoms with E-state index in [4.69, 9.17) is 4.98 Å². The minimum Gasteiger partial charge on any atom is -0.257 e. The van der Waals surface area contributed by atoms with Crippen LogP contribution >= 0.6 is 0 Å². The number of rotatable bonds is 2. The first-order valence-electron chi connectivity index (χ1n) is 10.0. The normalized spacial score (nSPS) is 12.0. The van der Waals surface area contributed by atoms with Gasteiger partial charge < -0.3 is 0 Å². The zero-order valence-electron chi connectivity index (χ0n) is 17.5. The summed E-state index contributed by atoms with van der Waals surface area (Å²) < 4.78 is 13.1. The topological polar surface area (TPSA) is 39.9 Å². The molecular weight excluding hydrogens is 374 g/mol. The van der Waals surface area contributed by atoms with E-state index in [9.17, 15) is 0 Å². The van der Waals surface area contributed by atoms with Gasteiger partial charge >= 0.3 is 17.4 Å². The highest BCUT2D eigenvalue weighted by molar-refractivity contribution is 5.80. The Labute approximate surface area is 173 Å². The molecule has 30 heavy (non-hydrogen) atoms. The molecule has 4 aromatic heterocycles. The quantitative estimate of drug-likeness (QED) is 0.414. The van der Waals surface area contributed by atoms with E-state index in [0.717, 1.165) is 34.1 Å². The molecule has 148 valence electrons. The Morgan fingerprint density at radius 1 is 0.833 bits per heavy atom. The molecule has 0 saturated carbocycles. The summed E-state index contributed by atoms with van der Waals surface area (Å²) in [5.74, 6) is 3.14. The standard InChI is InChI=1S/C23H23N7/c1-25-18-11-7-8-12-19(18)26(2)22(25)20-13-14-30(28(20)4)21-15-29-17-10-6-5-9-16(17)24-23(29)27(21)3/h5-15H,1-4H3/q+2. The SMILES string of the molecule is Cn1c(-c2cc[n+](-c3cn4c5ccccc5nc4n3C)n2C)[n+](C)c2ccccc21. The lowest BCUT2D eigenvalue weighted by Crippen LogP contribution is -2.41. The van der Waals surface area contributed by atoms with Gasteiger partial charge in [-0.2, -0.15) is 9.55 Å². The number of aromatic nitrogens is 7. The number of nitrogens with zero attached hydrogens (tertiary/aromatic N) is 7. The highest BCUT2D eigenvalue weighted by Crippen LogP contribution is 2.22. The summed E-state index contributed by atoms with van der Waals surface area (Å²) in [4.78, 5) is 4.81. The molecule has 0 N–H and O–H groups in total. The van der Waals surface area contributed by atoms with Gasteiger partial charge in [-0.25, -0.2) is 13.8 Å². The molecule has 0 unspecified atom stereocenters. The Hall–Kier alpha value is -3.87. The summed E-state index contributed by atoms with van der Waals surface area (Å²) in [7, 11) is 8.41. The van der Waals surface area contributed by atoms with E-state index in [-0.39, 0.29) is 0 Å². The molecule has 6 rings (SSSR count). The molecular formula is C23H23N7+2. The van der Waals surface area contributed by atoms with Crippen molar-refractivity contribution in [2.75, 3.05) is 0 Å². The van der Waals surface area contributed by atoms with Gasteiger partial charge in [-0.15, -0.1) is 4.68 Å². The van der Waals surface area contributed by atoms with Gasteiger partial charge in [0.25, 0.3) is 0 Å². The monoisotopic (exact) mass is 397 g/mol. The van der Waals surface area contributed by atoms with Crippen molar-refractivity contribution in [2.24, 2.45) is 28.2 Å². The predicted molar refractivity (Wildman–Crippen MR) is 115 cm³/mol. The lowest BCUT2D eigenvalue weighted by Gasteiger charge is -2.03. The largest absolute Gasteiger partial charge is 0.325 e. The number of hydrogen-bond acceptors (Lipinski definition) is 1.